The standard InChI is InChI=1S/C12H13NO/c14-12-6-1-8-7-10(4-5-11(8)12)13-9-2-3-9/h4-5,7,9,13H,1-3,6H2. The van der Waals surface area contributed by atoms with Crippen LogP contribution in [0.2, 0.25) is 0 Å². The largest absolute Gasteiger partial charge is 0.382 e. The van der Waals surface area contributed by atoms with Crippen LogP contribution in [0.3, 0.4) is 0 Å². The van der Waals surface area contributed by atoms with Crippen LogP contribution >= 0.6 is 0 Å². The van der Waals surface area contributed by atoms with Crippen molar-refractivity contribution in [2.24, 2.45) is 0 Å². The molecule has 0 unspecified atom stereocenters. The van der Waals surface area contributed by atoms with Crippen LogP contribution in [0.1, 0.15) is 35.2 Å². The summed E-state index contributed by atoms with van der Waals surface area (Å²) in [4.78, 5) is 11.4. The van der Waals surface area contributed by atoms with E-state index in [4.69, 9.17) is 0 Å². The van der Waals surface area contributed by atoms with E-state index in [-0.39, 0.29) is 0 Å². The highest BCUT2D eigenvalue weighted by Gasteiger charge is 2.23. The fourth-order valence-corrected chi connectivity index (χ4v) is 2.01. The zero-order chi connectivity index (χ0) is 9.54. The lowest BCUT2D eigenvalue weighted by Gasteiger charge is -2.06. The normalized spacial score (nSPS) is 19.6. The Balaban J connectivity index is 1.90. The van der Waals surface area contributed by atoms with Crippen molar-refractivity contribution in [2.75, 3.05) is 5.32 Å². The Kier molecular flexibility index (Phi) is 1.63. The van der Waals surface area contributed by atoms with Gasteiger partial charge in [-0.2, -0.15) is 0 Å². The summed E-state index contributed by atoms with van der Waals surface area (Å²) in [5.41, 5.74) is 3.34. The molecular formula is C12H13NO. The molecule has 0 heterocycles. The molecule has 72 valence electrons. The average Bonchev–Trinajstić information content (AvgIpc) is 2.92. The van der Waals surface area contributed by atoms with Gasteiger partial charge in [0, 0.05) is 23.7 Å². The summed E-state index contributed by atoms with van der Waals surface area (Å²) in [5, 5.41) is 3.45. The number of fused-ring (bicyclic) bond motifs is 1. The van der Waals surface area contributed by atoms with E-state index in [9.17, 15) is 4.79 Å². The molecule has 1 fully saturated rings. The third-order valence-electron chi connectivity index (χ3n) is 2.98. The third kappa shape index (κ3) is 1.31. The minimum Gasteiger partial charge on any atom is -0.382 e. The Morgan fingerprint density at radius 3 is 2.86 bits per heavy atom. The maximum Gasteiger partial charge on any atom is 0.163 e. The van der Waals surface area contributed by atoms with E-state index in [0.717, 1.165) is 12.0 Å². The first-order chi connectivity index (χ1) is 6.83. The van der Waals surface area contributed by atoms with Gasteiger partial charge in [-0.05, 0) is 43.0 Å². The van der Waals surface area contributed by atoms with Crippen molar-refractivity contribution >= 4 is 11.5 Å². The fourth-order valence-electron chi connectivity index (χ4n) is 2.01. The first-order valence-corrected chi connectivity index (χ1v) is 5.25. The predicted molar refractivity (Wildman–Crippen MR) is 55.7 cm³/mol. The van der Waals surface area contributed by atoms with Gasteiger partial charge in [-0.25, -0.2) is 0 Å². The molecule has 2 aliphatic rings. The van der Waals surface area contributed by atoms with Gasteiger partial charge in [0.15, 0.2) is 5.78 Å². The lowest BCUT2D eigenvalue weighted by atomic mass is 10.1. The first-order valence-electron chi connectivity index (χ1n) is 5.25. The highest BCUT2D eigenvalue weighted by molar-refractivity contribution is 6.00. The Bertz CT molecular complexity index is 393. The Morgan fingerprint density at radius 2 is 2.07 bits per heavy atom. The third-order valence-corrected chi connectivity index (χ3v) is 2.98. The SMILES string of the molecule is O=C1CCc2cc(NC3CC3)ccc21. The number of anilines is 1. The smallest absolute Gasteiger partial charge is 0.163 e. The minimum absolute atomic E-state index is 0.304. The number of ketones is 1. The van der Waals surface area contributed by atoms with E-state index in [1.54, 1.807) is 0 Å². The van der Waals surface area contributed by atoms with Crippen LogP contribution in [0, 0.1) is 0 Å². The fraction of sp³-hybridized carbons (Fsp3) is 0.417. The number of benzene rings is 1. The van der Waals surface area contributed by atoms with Crippen molar-refractivity contribution in [3.8, 4) is 0 Å². The lowest BCUT2D eigenvalue weighted by Crippen LogP contribution is -2.01. The molecule has 1 saturated carbocycles. The van der Waals surface area contributed by atoms with E-state index < -0.39 is 0 Å². The second-order valence-corrected chi connectivity index (χ2v) is 4.21. The second kappa shape index (κ2) is 2.84. The van der Waals surface area contributed by atoms with Crippen LogP contribution < -0.4 is 5.32 Å². The molecule has 0 bridgehead atoms. The second-order valence-electron chi connectivity index (χ2n) is 4.21. The number of carbonyl (C=O) groups excluding carboxylic acids is 1. The van der Waals surface area contributed by atoms with E-state index in [0.29, 0.717) is 18.2 Å². The molecule has 2 nitrogen and oxygen atoms in total. The van der Waals surface area contributed by atoms with Gasteiger partial charge in [-0.15, -0.1) is 0 Å². The van der Waals surface area contributed by atoms with Gasteiger partial charge < -0.3 is 5.32 Å². The molecular weight excluding hydrogens is 174 g/mol. The monoisotopic (exact) mass is 187 g/mol. The Hall–Kier alpha value is -1.31. The molecule has 0 aliphatic heterocycles. The molecule has 14 heavy (non-hydrogen) atoms. The van der Waals surface area contributed by atoms with Gasteiger partial charge in [-0.3, -0.25) is 4.79 Å². The minimum atomic E-state index is 0.304. The van der Waals surface area contributed by atoms with Crippen LogP contribution in [0.25, 0.3) is 0 Å². The molecule has 0 saturated heterocycles. The number of nitrogens with one attached hydrogen (secondary N) is 1. The number of hydrogen-bond donors (Lipinski definition) is 1. The van der Waals surface area contributed by atoms with Gasteiger partial charge in [0.2, 0.25) is 0 Å². The summed E-state index contributed by atoms with van der Waals surface area (Å²) >= 11 is 0. The van der Waals surface area contributed by atoms with E-state index in [2.05, 4.69) is 11.4 Å². The lowest BCUT2D eigenvalue weighted by molar-refractivity contribution is 0.0994. The highest BCUT2D eigenvalue weighted by atomic mass is 16.1. The Labute approximate surface area is 83.3 Å². The molecule has 0 atom stereocenters. The summed E-state index contributed by atoms with van der Waals surface area (Å²) in [6.07, 6.45) is 4.20. The summed E-state index contributed by atoms with van der Waals surface area (Å²) in [6, 6.07) is 6.82. The van der Waals surface area contributed by atoms with Gasteiger partial charge in [0.25, 0.3) is 0 Å². The number of Topliss-reactive ketones (excluding diaryl/α,β-unsaturated/α-hetero) is 1. The molecule has 0 amide bonds. The molecule has 1 aromatic carbocycles. The summed E-state index contributed by atoms with van der Waals surface area (Å²) in [7, 11) is 0. The molecule has 3 rings (SSSR count). The zero-order valence-electron chi connectivity index (χ0n) is 8.05. The Morgan fingerprint density at radius 1 is 1.21 bits per heavy atom. The van der Waals surface area contributed by atoms with Crippen molar-refractivity contribution in [1.29, 1.82) is 0 Å². The van der Waals surface area contributed by atoms with Gasteiger partial charge >= 0.3 is 0 Å². The number of carbonyl (C=O) groups is 1. The zero-order valence-corrected chi connectivity index (χ0v) is 8.05. The quantitative estimate of drug-likeness (QED) is 0.770. The van der Waals surface area contributed by atoms with Crippen molar-refractivity contribution < 1.29 is 4.79 Å². The van der Waals surface area contributed by atoms with Crippen LogP contribution in [0.5, 0.6) is 0 Å². The van der Waals surface area contributed by atoms with Crippen LogP contribution in [-0.2, 0) is 6.42 Å². The van der Waals surface area contributed by atoms with Gasteiger partial charge in [0.05, 0.1) is 0 Å². The topological polar surface area (TPSA) is 29.1 Å². The maximum absolute atomic E-state index is 11.4. The highest BCUT2D eigenvalue weighted by Crippen LogP contribution is 2.28. The van der Waals surface area contributed by atoms with Crippen LogP contribution in [-0.4, -0.2) is 11.8 Å². The summed E-state index contributed by atoms with van der Waals surface area (Å²) in [6.45, 7) is 0. The summed E-state index contributed by atoms with van der Waals surface area (Å²) in [5.74, 6) is 0.304. The molecule has 0 radical (unpaired) electrons. The molecule has 0 aromatic heterocycles. The van der Waals surface area contributed by atoms with Crippen molar-refractivity contribution in [3.05, 3.63) is 29.3 Å². The van der Waals surface area contributed by atoms with Crippen molar-refractivity contribution in [2.45, 2.75) is 31.7 Å². The van der Waals surface area contributed by atoms with Crippen molar-refractivity contribution in [3.63, 3.8) is 0 Å². The predicted octanol–water partition coefficient (Wildman–Crippen LogP) is 2.39. The van der Waals surface area contributed by atoms with E-state index in [1.807, 2.05) is 12.1 Å². The molecule has 2 aliphatic carbocycles. The van der Waals surface area contributed by atoms with Crippen molar-refractivity contribution in [1.82, 2.24) is 0 Å². The van der Waals surface area contributed by atoms with Gasteiger partial charge in [0.1, 0.15) is 0 Å². The van der Waals surface area contributed by atoms with Gasteiger partial charge in [-0.1, -0.05) is 0 Å². The number of rotatable bonds is 2. The number of aryl methyl sites for hydroxylation is 1. The molecule has 0 spiro atoms. The van der Waals surface area contributed by atoms with E-state index >= 15 is 0 Å². The number of hydrogen-bond acceptors (Lipinski definition) is 2. The molecule has 1 N–H and O–H groups in total. The molecule has 2 heteroatoms. The summed E-state index contributed by atoms with van der Waals surface area (Å²) < 4.78 is 0. The van der Waals surface area contributed by atoms with Crippen LogP contribution in [0.15, 0.2) is 18.2 Å². The van der Waals surface area contributed by atoms with Crippen LogP contribution in [0.4, 0.5) is 5.69 Å². The first kappa shape index (κ1) is 8.04. The maximum atomic E-state index is 11.4. The average molecular weight is 187 g/mol. The molecule has 1 aromatic rings. The van der Waals surface area contributed by atoms with E-state index in [1.165, 1.54) is 24.1 Å².